The van der Waals surface area contributed by atoms with Crippen LogP contribution >= 0.6 is 0 Å². The van der Waals surface area contributed by atoms with Crippen molar-refractivity contribution in [2.75, 3.05) is 31.2 Å². The van der Waals surface area contributed by atoms with Crippen LogP contribution in [-0.4, -0.2) is 42.8 Å². The van der Waals surface area contributed by atoms with E-state index in [2.05, 4.69) is 11.4 Å². The van der Waals surface area contributed by atoms with Crippen molar-refractivity contribution in [3.8, 4) is 5.75 Å². The number of benzene rings is 1. The van der Waals surface area contributed by atoms with Gasteiger partial charge in [-0.05, 0) is 64.0 Å². The first-order chi connectivity index (χ1) is 13.3. The lowest BCUT2D eigenvalue weighted by atomic mass is 9.88. The molecule has 1 aromatic rings. The standard InChI is InChI=1S/C22H35N3O3/c1-22(2,3)28-21(26)25-11-9-15(10-12-25)17-13-19(18(23)14-20(17)27-4)24-16-7-5-6-8-16/h13-16,24H,5-12,23H2,1-4H3. The van der Waals surface area contributed by atoms with E-state index in [1.54, 1.807) is 7.11 Å². The lowest BCUT2D eigenvalue weighted by Gasteiger charge is -2.34. The minimum Gasteiger partial charge on any atom is -0.496 e. The molecule has 3 rings (SSSR count). The second kappa shape index (κ2) is 8.50. The molecule has 1 aliphatic carbocycles. The number of carbonyl (C=O) groups is 1. The molecule has 6 heteroatoms. The van der Waals surface area contributed by atoms with Gasteiger partial charge in [-0.15, -0.1) is 0 Å². The summed E-state index contributed by atoms with van der Waals surface area (Å²) in [7, 11) is 1.69. The Balaban J connectivity index is 1.70. The minimum atomic E-state index is -0.463. The van der Waals surface area contributed by atoms with Gasteiger partial charge in [0.15, 0.2) is 0 Å². The third-order valence-corrected chi connectivity index (χ3v) is 5.70. The lowest BCUT2D eigenvalue weighted by molar-refractivity contribution is 0.0204. The molecule has 1 aromatic carbocycles. The largest absolute Gasteiger partial charge is 0.496 e. The van der Waals surface area contributed by atoms with E-state index in [0.29, 0.717) is 25.0 Å². The van der Waals surface area contributed by atoms with E-state index in [1.807, 2.05) is 31.7 Å². The number of rotatable bonds is 4. The summed E-state index contributed by atoms with van der Waals surface area (Å²) in [6.07, 6.45) is 6.53. The van der Waals surface area contributed by atoms with Gasteiger partial charge in [0, 0.05) is 25.2 Å². The molecular weight excluding hydrogens is 354 g/mol. The highest BCUT2D eigenvalue weighted by Crippen LogP contribution is 2.39. The van der Waals surface area contributed by atoms with Crippen molar-refractivity contribution in [3.05, 3.63) is 17.7 Å². The molecule has 0 atom stereocenters. The summed E-state index contributed by atoms with van der Waals surface area (Å²) in [5.74, 6) is 1.18. The molecule has 1 amide bonds. The van der Waals surface area contributed by atoms with E-state index >= 15 is 0 Å². The lowest BCUT2D eigenvalue weighted by Crippen LogP contribution is -2.41. The number of nitrogen functional groups attached to an aromatic ring is 1. The zero-order chi connectivity index (χ0) is 20.3. The summed E-state index contributed by atoms with van der Waals surface area (Å²) >= 11 is 0. The average Bonchev–Trinajstić information content (AvgIpc) is 3.15. The van der Waals surface area contributed by atoms with Crippen LogP contribution in [0.4, 0.5) is 16.2 Å². The molecule has 1 saturated heterocycles. The van der Waals surface area contributed by atoms with Gasteiger partial charge in [0.05, 0.1) is 18.5 Å². The summed E-state index contributed by atoms with van der Waals surface area (Å²) in [6.45, 7) is 7.08. The predicted octanol–water partition coefficient (Wildman–Crippen LogP) is 4.75. The topological polar surface area (TPSA) is 76.8 Å². The number of hydrogen-bond donors (Lipinski definition) is 2. The Kier molecular flexibility index (Phi) is 6.26. The highest BCUT2D eigenvalue weighted by Gasteiger charge is 2.29. The number of ether oxygens (including phenoxy) is 2. The van der Waals surface area contributed by atoms with Crippen LogP contribution in [0.2, 0.25) is 0 Å². The Bertz CT molecular complexity index is 685. The Morgan fingerprint density at radius 1 is 1.14 bits per heavy atom. The maximum absolute atomic E-state index is 12.3. The summed E-state index contributed by atoms with van der Waals surface area (Å²) in [5.41, 5.74) is 8.75. The van der Waals surface area contributed by atoms with Crippen molar-refractivity contribution in [1.82, 2.24) is 4.90 Å². The van der Waals surface area contributed by atoms with Gasteiger partial charge < -0.3 is 25.4 Å². The molecule has 1 saturated carbocycles. The molecule has 0 aromatic heterocycles. The first-order valence-electron chi connectivity index (χ1n) is 10.5. The van der Waals surface area contributed by atoms with E-state index in [-0.39, 0.29) is 6.09 Å². The van der Waals surface area contributed by atoms with Gasteiger partial charge in [-0.2, -0.15) is 0 Å². The van der Waals surface area contributed by atoms with Crippen LogP contribution in [0.25, 0.3) is 0 Å². The number of methoxy groups -OCH3 is 1. The zero-order valence-corrected chi connectivity index (χ0v) is 17.7. The van der Waals surface area contributed by atoms with Crippen LogP contribution < -0.4 is 15.8 Å². The van der Waals surface area contributed by atoms with Crippen molar-refractivity contribution < 1.29 is 14.3 Å². The molecule has 6 nitrogen and oxygen atoms in total. The van der Waals surface area contributed by atoms with Crippen molar-refractivity contribution in [2.45, 2.75) is 76.9 Å². The number of nitrogens with one attached hydrogen (secondary N) is 1. The van der Waals surface area contributed by atoms with E-state index < -0.39 is 5.60 Å². The van der Waals surface area contributed by atoms with Crippen LogP contribution in [0.3, 0.4) is 0 Å². The molecule has 0 bridgehead atoms. The summed E-state index contributed by atoms with van der Waals surface area (Å²) in [5, 5.41) is 3.63. The molecule has 1 heterocycles. The van der Waals surface area contributed by atoms with Gasteiger partial charge in [-0.1, -0.05) is 12.8 Å². The minimum absolute atomic E-state index is 0.223. The van der Waals surface area contributed by atoms with Crippen LogP contribution in [0.1, 0.15) is 70.8 Å². The monoisotopic (exact) mass is 389 g/mol. The fourth-order valence-corrected chi connectivity index (χ4v) is 4.22. The first kappa shape index (κ1) is 20.6. The van der Waals surface area contributed by atoms with Gasteiger partial charge >= 0.3 is 6.09 Å². The van der Waals surface area contributed by atoms with Gasteiger partial charge in [0.25, 0.3) is 0 Å². The summed E-state index contributed by atoms with van der Waals surface area (Å²) in [6, 6.07) is 4.62. The molecular formula is C22H35N3O3. The summed E-state index contributed by atoms with van der Waals surface area (Å²) in [4.78, 5) is 14.1. The normalized spacial score (nSPS) is 18.9. The SMILES string of the molecule is COc1cc(N)c(NC2CCCC2)cc1C1CCN(C(=O)OC(C)(C)C)CC1. The van der Waals surface area contributed by atoms with Crippen molar-refractivity contribution in [1.29, 1.82) is 0 Å². The van der Waals surface area contributed by atoms with E-state index in [0.717, 1.165) is 30.0 Å². The van der Waals surface area contributed by atoms with Crippen LogP contribution in [0.5, 0.6) is 5.75 Å². The molecule has 0 spiro atoms. The molecule has 0 radical (unpaired) electrons. The van der Waals surface area contributed by atoms with Gasteiger partial charge in [0.1, 0.15) is 11.4 Å². The van der Waals surface area contributed by atoms with E-state index in [1.165, 1.54) is 31.2 Å². The second-order valence-corrected chi connectivity index (χ2v) is 9.05. The third-order valence-electron chi connectivity index (χ3n) is 5.70. The van der Waals surface area contributed by atoms with Crippen molar-refractivity contribution in [2.24, 2.45) is 0 Å². The molecule has 2 aliphatic rings. The van der Waals surface area contributed by atoms with Crippen molar-refractivity contribution in [3.63, 3.8) is 0 Å². The van der Waals surface area contributed by atoms with E-state index in [4.69, 9.17) is 15.2 Å². The number of piperidine rings is 1. The van der Waals surface area contributed by atoms with E-state index in [9.17, 15) is 4.79 Å². The van der Waals surface area contributed by atoms with Gasteiger partial charge in [-0.25, -0.2) is 4.79 Å². The first-order valence-corrected chi connectivity index (χ1v) is 10.5. The molecule has 3 N–H and O–H groups in total. The zero-order valence-electron chi connectivity index (χ0n) is 17.7. The molecule has 28 heavy (non-hydrogen) atoms. The Hall–Kier alpha value is -2.11. The Morgan fingerprint density at radius 2 is 1.79 bits per heavy atom. The predicted molar refractivity (Wildman–Crippen MR) is 113 cm³/mol. The number of nitrogens with zero attached hydrogens (tertiary/aromatic N) is 1. The Morgan fingerprint density at radius 3 is 2.36 bits per heavy atom. The number of nitrogens with two attached hydrogens (primary N) is 1. The maximum Gasteiger partial charge on any atom is 0.410 e. The van der Waals surface area contributed by atoms with Crippen LogP contribution in [-0.2, 0) is 4.74 Å². The van der Waals surface area contributed by atoms with Gasteiger partial charge in [0.2, 0.25) is 0 Å². The van der Waals surface area contributed by atoms with Crippen LogP contribution in [0.15, 0.2) is 12.1 Å². The number of carbonyl (C=O) groups excluding carboxylic acids is 1. The second-order valence-electron chi connectivity index (χ2n) is 9.05. The fourth-order valence-electron chi connectivity index (χ4n) is 4.22. The summed E-state index contributed by atoms with van der Waals surface area (Å²) < 4.78 is 11.1. The number of anilines is 2. The molecule has 1 aliphatic heterocycles. The molecule has 0 unspecified atom stereocenters. The van der Waals surface area contributed by atoms with Gasteiger partial charge in [-0.3, -0.25) is 0 Å². The third kappa shape index (κ3) is 5.03. The van der Waals surface area contributed by atoms with Crippen molar-refractivity contribution >= 4 is 17.5 Å². The maximum atomic E-state index is 12.3. The highest BCUT2D eigenvalue weighted by molar-refractivity contribution is 5.71. The quantitative estimate of drug-likeness (QED) is 0.727. The number of amides is 1. The fraction of sp³-hybridized carbons (Fsp3) is 0.682. The molecule has 156 valence electrons. The Labute approximate surface area is 168 Å². The average molecular weight is 390 g/mol. The number of hydrogen-bond acceptors (Lipinski definition) is 5. The smallest absolute Gasteiger partial charge is 0.410 e. The highest BCUT2D eigenvalue weighted by atomic mass is 16.6. The number of likely N-dealkylation sites (tertiary alicyclic amines) is 1. The molecule has 2 fully saturated rings. The van der Waals surface area contributed by atoms with Crippen LogP contribution in [0, 0.1) is 0 Å².